The van der Waals surface area contributed by atoms with Crippen LogP contribution >= 0.6 is 0 Å². The highest BCUT2D eigenvalue weighted by atomic mass is 16.5. The van der Waals surface area contributed by atoms with Gasteiger partial charge < -0.3 is 30.6 Å². The van der Waals surface area contributed by atoms with Gasteiger partial charge in [0.25, 0.3) is 0 Å². The van der Waals surface area contributed by atoms with E-state index in [1.54, 1.807) is 0 Å². The third kappa shape index (κ3) is 5.85. The molecule has 2 saturated heterocycles. The number of rotatable bonds is 8. The van der Waals surface area contributed by atoms with Gasteiger partial charge in [-0.25, -0.2) is 0 Å². The van der Waals surface area contributed by atoms with E-state index in [2.05, 4.69) is 28.2 Å². The van der Waals surface area contributed by atoms with Gasteiger partial charge in [-0.1, -0.05) is 19.1 Å². The first-order valence-corrected chi connectivity index (χ1v) is 14.0. The number of piperidine rings is 1. The van der Waals surface area contributed by atoms with Crippen LogP contribution in [0.3, 0.4) is 0 Å². The van der Waals surface area contributed by atoms with E-state index in [9.17, 15) is 4.79 Å². The first-order valence-electron chi connectivity index (χ1n) is 14.0. The summed E-state index contributed by atoms with van der Waals surface area (Å²) in [5.74, 6) is 0.881. The van der Waals surface area contributed by atoms with Gasteiger partial charge in [-0.3, -0.25) is 9.69 Å². The van der Waals surface area contributed by atoms with Crippen LogP contribution in [0.25, 0.3) is 0 Å². The molecule has 10 heteroatoms. The highest BCUT2D eigenvalue weighted by molar-refractivity contribution is 5.94. The lowest BCUT2D eigenvalue weighted by Gasteiger charge is -2.38. The Morgan fingerprint density at radius 3 is 2.56 bits per heavy atom. The normalized spacial score (nSPS) is 18.0. The van der Waals surface area contributed by atoms with Crippen LogP contribution in [-0.2, 0) is 17.8 Å². The molecule has 2 fully saturated rings. The van der Waals surface area contributed by atoms with Gasteiger partial charge in [0.2, 0.25) is 5.91 Å². The van der Waals surface area contributed by atoms with Crippen molar-refractivity contribution in [3.05, 3.63) is 47.2 Å². The number of hydrogen-bond acceptors (Lipinski definition) is 9. The van der Waals surface area contributed by atoms with Crippen molar-refractivity contribution in [1.29, 1.82) is 5.41 Å². The SMILES string of the molecule is C=CC(=O)N1CCN(c2nc(OCCN3CCCCC3)nc3c2CCN(c2c(C)ccc(N)c2C=N)C3)CC1. The van der Waals surface area contributed by atoms with Crippen LogP contribution in [0, 0.1) is 12.3 Å². The number of nitrogens with two attached hydrogens (primary N) is 1. The lowest BCUT2D eigenvalue weighted by molar-refractivity contribution is -0.126. The molecule has 1 aromatic carbocycles. The summed E-state index contributed by atoms with van der Waals surface area (Å²) in [7, 11) is 0. The number of ether oxygens (including phenoxy) is 1. The molecule has 1 aromatic heterocycles. The number of likely N-dealkylation sites (tertiary alicyclic amines) is 1. The smallest absolute Gasteiger partial charge is 0.318 e. The number of fused-ring (bicyclic) bond motifs is 1. The average Bonchev–Trinajstić information content (AvgIpc) is 2.97. The van der Waals surface area contributed by atoms with E-state index in [1.807, 2.05) is 17.0 Å². The number of nitrogens with one attached hydrogen (secondary N) is 1. The monoisotopic (exact) mass is 532 g/mol. The van der Waals surface area contributed by atoms with Crippen LogP contribution in [0.4, 0.5) is 17.2 Å². The van der Waals surface area contributed by atoms with E-state index in [-0.39, 0.29) is 5.91 Å². The Kier molecular flexibility index (Phi) is 8.30. The molecule has 208 valence electrons. The Labute approximate surface area is 230 Å². The molecule has 5 rings (SSSR count). The summed E-state index contributed by atoms with van der Waals surface area (Å²) in [5, 5.41) is 7.99. The highest BCUT2D eigenvalue weighted by Crippen LogP contribution is 2.35. The minimum absolute atomic E-state index is 0.0313. The minimum atomic E-state index is -0.0313. The Hall–Kier alpha value is -3.66. The fourth-order valence-corrected chi connectivity index (χ4v) is 5.93. The molecule has 3 N–H and O–H groups in total. The Bertz CT molecular complexity index is 1220. The Morgan fingerprint density at radius 1 is 1.08 bits per heavy atom. The van der Waals surface area contributed by atoms with Crippen molar-refractivity contribution in [2.75, 3.05) is 74.5 Å². The zero-order valence-corrected chi connectivity index (χ0v) is 23.0. The molecule has 2 aromatic rings. The number of amides is 1. The molecular formula is C29H40N8O2. The highest BCUT2D eigenvalue weighted by Gasteiger charge is 2.29. The number of aryl methyl sites for hydroxylation is 1. The third-order valence-electron chi connectivity index (χ3n) is 8.09. The van der Waals surface area contributed by atoms with Crippen LogP contribution < -0.4 is 20.3 Å². The summed E-state index contributed by atoms with van der Waals surface area (Å²) in [5.41, 5.74) is 11.7. The van der Waals surface area contributed by atoms with Crippen molar-refractivity contribution in [3.8, 4) is 6.01 Å². The fraction of sp³-hybridized carbons (Fsp3) is 0.517. The quantitative estimate of drug-likeness (QED) is 0.303. The largest absolute Gasteiger partial charge is 0.462 e. The van der Waals surface area contributed by atoms with Gasteiger partial charge in [0.15, 0.2) is 0 Å². The second-order valence-electron chi connectivity index (χ2n) is 10.6. The molecule has 0 saturated carbocycles. The number of carbonyl (C=O) groups is 1. The summed E-state index contributed by atoms with van der Waals surface area (Å²) in [6, 6.07) is 4.28. The molecule has 0 bridgehead atoms. The summed E-state index contributed by atoms with van der Waals surface area (Å²) < 4.78 is 6.17. The topological polar surface area (TPSA) is 115 Å². The minimum Gasteiger partial charge on any atom is -0.462 e. The van der Waals surface area contributed by atoms with Gasteiger partial charge in [-0.15, -0.1) is 0 Å². The standard InChI is InChI=1S/C29H40N8O2/c1-3-26(38)35-13-15-36(16-14-35)28-22-9-12-37(27-21(2)7-8-24(31)23(27)19-30)20-25(22)32-29(33-28)39-18-17-34-10-5-4-6-11-34/h3,7-8,19,30H,1,4-6,9-18,20,31H2,2H3. The van der Waals surface area contributed by atoms with E-state index in [0.717, 1.165) is 66.5 Å². The molecule has 0 radical (unpaired) electrons. The maximum atomic E-state index is 12.1. The maximum absolute atomic E-state index is 12.1. The molecule has 10 nitrogen and oxygen atoms in total. The second-order valence-corrected chi connectivity index (χ2v) is 10.6. The van der Waals surface area contributed by atoms with Crippen LogP contribution in [0.5, 0.6) is 6.01 Å². The summed E-state index contributed by atoms with van der Waals surface area (Å²) >= 11 is 0. The summed E-state index contributed by atoms with van der Waals surface area (Å²) in [6.45, 7) is 13.4. The van der Waals surface area contributed by atoms with Crippen LogP contribution in [0.2, 0.25) is 0 Å². The lowest BCUT2D eigenvalue weighted by atomic mass is 10.00. The first kappa shape index (κ1) is 26.9. The predicted octanol–water partition coefficient (Wildman–Crippen LogP) is 2.63. The molecule has 0 spiro atoms. The number of hydrogen-bond donors (Lipinski definition) is 2. The summed E-state index contributed by atoms with van der Waals surface area (Å²) in [6.07, 6.45) is 7.30. The van der Waals surface area contributed by atoms with Gasteiger partial charge in [0.1, 0.15) is 12.4 Å². The van der Waals surface area contributed by atoms with Gasteiger partial charge in [-0.05, 0) is 57.0 Å². The Morgan fingerprint density at radius 2 is 1.85 bits per heavy atom. The van der Waals surface area contributed by atoms with E-state index in [1.165, 1.54) is 31.6 Å². The van der Waals surface area contributed by atoms with Gasteiger partial charge >= 0.3 is 6.01 Å². The van der Waals surface area contributed by atoms with E-state index in [4.69, 9.17) is 25.8 Å². The number of nitrogen functional groups attached to an aromatic ring is 1. The van der Waals surface area contributed by atoms with Crippen molar-refractivity contribution >= 4 is 29.3 Å². The first-order chi connectivity index (χ1) is 19.0. The van der Waals surface area contributed by atoms with Crippen molar-refractivity contribution in [2.24, 2.45) is 0 Å². The third-order valence-corrected chi connectivity index (χ3v) is 8.09. The molecule has 1 amide bonds. The molecule has 39 heavy (non-hydrogen) atoms. The fourth-order valence-electron chi connectivity index (χ4n) is 5.93. The number of nitrogens with zero attached hydrogens (tertiary/aromatic N) is 6. The van der Waals surface area contributed by atoms with Crippen LogP contribution in [0.15, 0.2) is 24.8 Å². The Balaban J connectivity index is 1.41. The van der Waals surface area contributed by atoms with Gasteiger partial charge in [-0.2, -0.15) is 9.97 Å². The van der Waals surface area contributed by atoms with E-state index < -0.39 is 0 Å². The molecular weight excluding hydrogens is 492 g/mol. The number of anilines is 3. The lowest BCUT2D eigenvalue weighted by Crippen LogP contribution is -2.49. The van der Waals surface area contributed by atoms with Crippen molar-refractivity contribution in [2.45, 2.75) is 39.2 Å². The predicted molar refractivity (Wildman–Crippen MR) is 155 cm³/mol. The number of benzene rings is 1. The van der Waals surface area contributed by atoms with Crippen molar-refractivity contribution in [3.63, 3.8) is 0 Å². The van der Waals surface area contributed by atoms with Crippen LogP contribution in [-0.4, -0.2) is 90.9 Å². The van der Waals surface area contributed by atoms with Crippen molar-refractivity contribution < 1.29 is 9.53 Å². The number of aromatic nitrogens is 2. The van der Waals surface area contributed by atoms with Gasteiger partial charge in [0.05, 0.1) is 17.9 Å². The summed E-state index contributed by atoms with van der Waals surface area (Å²) in [4.78, 5) is 30.8. The number of carbonyl (C=O) groups excluding carboxylic acids is 1. The molecule has 3 aliphatic rings. The second kappa shape index (κ2) is 12.0. The molecule has 3 aliphatic heterocycles. The zero-order chi connectivity index (χ0) is 27.4. The number of piperazine rings is 1. The maximum Gasteiger partial charge on any atom is 0.318 e. The zero-order valence-electron chi connectivity index (χ0n) is 23.0. The van der Waals surface area contributed by atoms with E-state index in [0.29, 0.717) is 51.0 Å². The van der Waals surface area contributed by atoms with Gasteiger partial charge in [0, 0.05) is 62.3 Å². The average molecular weight is 533 g/mol. The molecule has 0 aliphatic carbocycles. The molecule has 4 heterocycles. The molecule has 0 atom stereocenters. The molecule has 0 unspecified atom stereocenters. The van der Waals surface area contributed by atoms with Crippen molar-refractivity contribution in [1.82, 2.24) is 19.8 Å². The van der Waals surface area contributed by atoms with E-state index >= 15 is 0 Å². The van der Waals surface area contributed by atoms with Crippen LogP contribution in [0.1, 0.15) is 41.6 Å².